The molecule has 1 amide bonds. The number of carbonyl (C=O) groups excluding carboxylic acids is 1. The minimum Gasteiger partial charge on any atom is -0.318 e. The quantitative estimate of drug-likeness (QED) is 0.555. The van der Waals surface area contributed by atoms with E-state index in [4.69, 9.17) is 0 Å². The van der Waals surface area contributed by atoms with E-state index in [1.54, 1.807) is 4.90 Å². The molecule has 158 valence electrons. The highest BCUT2D eigenvalue weighted by molar-refractivity contribution is 5.79. The van der Waals surface area contributed by atoms with Crippen LogP contribution in [0.2, 0.25) is 0 Å². The van der Waals surface area contributed by atoms with Crippen molar-refractivity contribution in [2.24, 2.45) is 0 Å². The van der Waals surface area contributed by atoms with Crippen LogP contribution in [0.3, 0.4) is 0 Å². The molecular weight excluding hydrogens is 380 g/mol. The van der Waals surface area contributed by atoms with Crippen molar-refractivity contribution in [2.75, 3.05) is 25.5 Å². The van der Waals surface area contributed by atoms with Gasteiger partial charge in [0, 0.05) is 31.2 Å². The molecule has 1 aliphatic heterocycles. The molecule has 0 aromatic heterocycles. The predicted octanol–water partition coefficient (Wildman–Crippen LogP) is 5.19. The number of likely N-dealkylation sites (N-methyl/N-ethyl adjacent to an activating group) is 1. The van der Waals surface area contributed by atoms with Gasteiger partial charge in [0.1, 0.15) is 0 Å². The molecule has 0 spiro atoms. The maximum atomic E-state index is 11.8. The molecule has 31 heavy (non-hydrogen) atoms. The lowest BCUT2D eigenvalue weighted by Crippen LogP contribution is -2.40. The standard InChI is InChI=1S/C28H30N2O/c1-19-16-21-14-15-29(2)25-13-12-23-22(20-8-5-4-6-9-20)10-7-11-24(23)28(25)27(21)26(17-19)30(3)18-31/h4-11,16-18,25,28H,12-15H2,1-3H3/t25?,28-/m0/s1. The number of rotatable bonds is 3. The molecule has 0 saturated heterocycles. The van der Waals surface area contributed by atoms with Crippen LogP contribution in [0.1, 0.15) is 40.2 Å². The van der Waals surface area contributed by atoms with Crippen LogP contribution in [-0.2, 0) is 17.6 Å². The summed E-state index contributed by atoms with van der Waals surface area (Å²) in [6.07, 6.45) is 4.19. The van der Waals surface area contributed by atoms with Gasteiger partial charge >= 0.3 is 0 Å². The van der Waals surface area contributed by atoms with Crippen molar-refractivity contribution < 1.29 is 4.79 Å². The summed E-state index contributed by atoms with van der Waals surface area (Å²) in [7, 11) is 4.15. The smallest absolute Gasteiger partial charge is 0.213 e. The fourth-order valence-electron chi connectivity index (χ4n) is 5.78. The Labute approximate surface area is 185 Å². The van der Waals surface area contributed by atoms with Crippen LogP contribution in [0, 0.1) is 6.92 Å². The fraction of sp³-hybridized carbons (Fsp3) is 0.321. The van der Waals surface area contributed by atoms with Gasteiger partial charge in [0.05, 0.1) is 0 Å². The predicted molar refractivity (Wildman–Crippen MR) is 128 cm³/mol. The van der Waals surface area contributed by atoms with Crippen molar-refractivity contribution in [3.63, 3.8) is 0 Å². The molecule has 0 bridgehead atoms. The highest BCUT2D eigenvalue weighted by atomic mass is 16.1. The van der Waals surface area contributed by atoms with Gasteiger partial charge in [-0.15, -0.1) is 0 Å². The fourth-order valence-corrected chi connectivity index (χ4v) is 5.78. The van der Waals surface area contributed by atoms with Crippen LogP contribution in [-0.4, -0.2) is 38.0 Å². The van der Waals surface area contributed by atoms with Crippen molar-refractivity contribution in [1.29, 1.82) is 0 Å². The van der Waals surface area contributed by atoms with Crippen LogP contribution in [0.5, 0.6) is 0 Å². The molecule has 3 heteroatoms. The van der Waals surface area contributed by atoms with Gasteiger partial charge < -0.3 is 9.80 Å². The number of aryl methyl sites for hydroxylation is 1. The number of anilines is 1. The maximum absolute atomic E-state index is 11.8. The SMILES string of the molecule is Cc1cc2c(c(N(C)C=O)c1)[C@H]1c3cccc(-c4ccccc4)c3CCC1N(C)CC2. The molecule has 2 aliphatic rings. The zero-order valence-corrected chi connectivity index (χ0v) is 18.6. The average Bonchev–Trinajstić information content (AvgIpc) is 2.95. The Hall–Kier alpha value is -2.91. The molecule has 0 fully saturated rings. The van der Waals surface area contributed by atoms with Gasteiger partial charge in [-0.05, 0) is 78.2 Å². The largest absolute Gasteiger partial charge is 0.318 e. The lowest BCUT2D eigenvalue weighted by atomic mass is 9.72. The van der Waals surface area contributed by atoms with E-state index in [0.717, 1.165) is 37.9 Å². The Morgan fingerprint density at radius 2 is 1.84 bits per heavy atom. The van der Waals surface area contributed by atoms with Crippen molar-refractivity contribution in [3.05, 3.63) is 88.5 Å². The first kappa shape index (κ1) is 20.0. The summed E-state index contributed by atoms with van der Waals surface area (Å²) in [6.45, 7) is 3.19. The normalized spacial score (nSPS) is 20.2. The molecule has 1 unspecified atom stereocenters. The molecule has 5 rings (SSSR count). The summed E-state index contributed by atoms with van der Waals surface area (Å²) in [5.74, 6) is 0.271. The van der Waals surface area contributed by atoms with Gasteiger partial charge in [0.2, 0.25) is 6.41 Å². The second kappa shape index (κ2) is 7.97. The minimum atomic E-state index is 0.271. The maximum Gasteiger partial charge on any atom is 0.213 e. The highest BCUT2D eigenvalue weighted by Crippen LogP contribution is 2.47. The second-order valence-corrected chi connectivity index (χ2v) is 9.13. The molecule has 3 aromatic rings. The lowest BCUT2D eigenvalue weighted by molar-refractivity contribution is -0.107. The van der Waals surface area contributed by atoms with Crippen molar-refractivity contribution in [2.45, 2.75) is 38.1 Å². The summed E-state index contributed by atoms with van der Waals surface area (Å²) in [5, 5.41) is 0. The number of benzene rings is 3. The van der Waals surface area contributed by atoms with Crippen LogP contribution in [0.15, 0.2) is 60.7 Å². The van der Waals surface area contributed by atoms with Crippen molar-refractivity contribution in [3.8, 4) is 11.1 Å². The Bertz CT molecular complexity index is 1120. The van der Waals surface area contributed by atoms with E-state index in [1.165, 1.54) is 38.9 Å². The number of hydrogen-bond acceptors (Lipinski definition) is 2. The molecule has 3 aromatic carbocycles. The van der Waals surface area contributed by atoms with Crippen LogP contribution in [0.25, 0.3) is 11.1 Å². The Balaban J connectivity index is 1.76. The van der Waals surface area contributed by atoms with E-state index >= 15 is 0 Å². The van der Waals surface area contributed by atoms with Crippen LogP contribution in [0.4, 0.5) is 5.69 Å². The first-order valence-electron chi connectivity index (χ1n) is 11.3. The van der Waals surface area contributed by atoms with Crippen LogP contribution >= 0.6 is 0 Å². The molecule has 0 radical (unpaired) electrons. The summed E-state index contributed by atoms with van der Waals surface area (Å²) < 4.78 is 0. The monoisotopic (exact) mass is 410 g/mol. The van der Waals surface area contributed by atoms with E-state index in [2.05, 4.69) is 79.5 Å². The first-order valence-corrected chi connectivity index (χ1v) is 11.3. The number of fused-ring (bicyclic) bond motifs is 5. The number of amides is 1. The summed E-state index contributed by atoms with van der Waals surface area (Å²) in [4.78, 5) is 16.1. The van der Waals surface area contributed by atoms with E-state index in [1.807, 2.05) is 7.05 Å². The highest BCUT2D eigenvalue weighted by Gasteiger charge is 2.39. The van der Waals surface area contributed by atoms with Crippen LogP contribution < -0.4 is 4.90 Å². The number of nitrogens with zero attached hydrogens (tertiary/aromatic N) is 2. The molecular formula is C28H30N2O. The third kappa shape index (κ3) is 3.37. The summed E-state index contributed by atoms with van der Waals surface area (Å²) >= 11 is 0. The van der Waals surface area contributed by atoms with Gasteiger partial charge in [-0.1, -0.05) is 54.6 Å². The lowest BCUT2D eigenvalue weighted by Gasteiger charge is -2.40. The zero-order valence-electron chi connectivity index (χ0n) is 18.6. The Morgan fingerprint density at radius 3 is 2.61 bits per heavy atom. The van der Waals surface area contributed by atoms with Gasteiger partial charge in [0.15, 0.2) is 0 Å². The Kier molecular flexibility index (Phi) is 5.15. The zero-order chi connectivity index (χ0) is 21.5. The summed E-state index contributed by atoms with van der Waals surface area (Å²) in [5.41, 5.74) is 10.6. The van der Waals surface area contributed by atoms with Crippen molar-refractivity contribution >= 4 is 12.1 Å². The van der Waals surface area contributed by atoms with Gasteiger partial charge in [-0.25, -0.2) is 0 Å². The molecule has 1 aliphatic carbocycles. The van der Waals surface area contributed by atoms with E-state index < -0.39 is 0 Å². The Morgan fingerprint density at radius 1 is 1.03 bits per heavy atom. The summed E-state index contributed by atoms with van der Waals surface area (Å²) in [6, 6.07) is 22.5. The molecule has 0 saturated carbocycles. The molecule has 0 N–H and O–H groups in total. The third-order valence-electron chi connectivity index (χ3n) is 7.24. The second-order valence-electron chi connectivity index (χ2n) is 9.13. The molecule has 3 nitrogen and oxygen atoms in total. The average molecular weight is 411 g/mol. The number of carbonyl (C=O) groups is 1. The van der Waals surface area contributed by atoms with E-state index in [0.29, 0.717) is 6.04 Å². The van der Waals surface area contributed by atoms with E-state index in [-0.39, 0.29) is 5.92 Å². The van der Waals surface area contributed by atoms with Gasteiger partial charge in [-0.2, -0.15) is 0 Å². The third-order valence-corrected chi connectivity index (χ3v) is 7.24. The number of hydrogen-bond donors (Lipinski definition) is 0. The van der Waals surface area contributed by atoms with Crippen molar-refractivity contribution in [1.82, 2.24) is 4.90 Å². The van der Waals surface area contributed by atoms with Gasteiger partial charge in [0.25, 0.3) is 0 Å². The molecule has 1 heterocycles. The van der Waals surface area contributed by atoms with Gasteiger partial charge in [-0.3, -0.25) is 4.79 Å². The minimum absolute atomic E-state index is 0.271. The molecule has 2 atom stereocenters. The van der Waals surface area contributed by atoms with E-state index in [9.17, 15) is 4.79 Å². The topological polar surface area (TPSA) is 23.6 Å². The first-order chi connectivity index (χ1) is 15.1.